The van der Waals surface area contributed by atoms with Crippen LogP contribution in [-0.4, -0.2) is 12.5 Å². The highest BCUT2D eigenvalue weighted by atomic mass is 35.5. The molecule has 22 heavy (non-hydrogen) atoms. The Morgan fingerprint density at radius 1 is 1.18 bits per heavy atom. The summed E-state index contributed by atoms with van der Waals surface area (Å²) < 4.78 is 5.59. The number of hydrogen-bond acceptors (Lipinski definition) is 2. The molecule has 0 aromatic heterocycles. The lowest BCUT2D eigenvalue weighted by Crippen LogP contribution is -2.30. The Bertz CT molecular complexity index is 712. The van der Waals surface area contributed by atoms with Crippen molar-refractivity contribution in [1.82, 2.24) is 5.32 Å². The molecule has 1 N–H and O–H groups in total. The Kier molecular flexibility index (Phi) is 4.45. The van der Waals surface area contributed by atoms with Crippen LogP contribution in [0.1, 0.15) is 23.6 Å². The first kappa shape index (κ1) is 14.7. The van der Waals surface area contributed by atoms with Crippen LogP contribution in [0.3, 0.4) is 0 Å². The number of carbonyl (C=O) groups excluding carboxylic acids is 1. The average Bonchev–Trinajstić information content (AvgIpc) is 2.54. The number of benzene rings is 2. The number of ether oxygens (including phenoxy) is 1. The Morgan fingerprint density at radius 3 is 2.82 bits per heavy atom. The summed E-state index contributed by atoms with van der Waals surface area (Å²) in [5.74, 6) is 0.704. The van der Waals surface area contributed by atoms with Gasteiger partial charge in [-0.3, -0.25) is 4.79 Å². The molecule has 4 heteroatoms. The molecule has 0 saturated carbocycles. The van der Waals surface area contributed by atoms with E-state index in [1.165, 1.54) is 6.08 Å². The van der Waals surface area contributed by atoms with Gasteiger partial charge in [0.1, 0.15) is 5.75 Å². The Labute approximate surface area is 134 Å². The summed E-state index contributed by atoms with van der Waals surface area (Å²) in [6.07, 6.45) is 4.00. The fourth-order valence-electron chi connectivity index (χ4n) is 2.49. The van der Waals surface area contributed by atoms with Crippen LogP contribution in [0.15, 0.2) is 54.6 Å². The van der Waals surface area contributed by atoms with E-state index in [9.17, 15) is 4.79 Å². The lowest BCUT2D eigenvalue weighted by molar-refractivity contribution is -0.117. The molecule has 0 fully saturated rings. The Hall–Kier alpha value is -2.26. The van der Waals surface area contributed by atoms with Gasteiger partial charge in [-0.15, -0.1) is 0 Å². The maximum Gasteiger partial charge on any atom is 0.244 e. The zero-order valence-corrected chi connectivity index (χ0v) is 12.7. The van der Waals surface area contributed by atoms with Gasteiger partial charge in [-0.25, -0.2) is 0 Å². The minimum atomic E-state index is -0.137. The number of halogens is 1. The zero-order chi connectivity index (χ0) is 15.4. The van der Waals surface area contributed by atoms with Gasteiger partial charge in [0, 0.05) is 23.1 Å². The fraction of sp³-hybridized carbons (Fsp3) is 0.167. The van der Waals surface area contributed by atoms with Gasteiger partial charge in [0.15, 0.2) is 0 Å². The summed E-state index contributed by atoms with van der Waals surface area (Å²) in [5, 5.41) is 3.64. The number of rotatable bonds is 3. The van der Waals surface area contributed by atoms with E-state index in [0.29, 0.717) is 11.6 Å². The van der Waals surface area contributed by atoms with E-state index in [-0.39, 0.29) is 11.9 Å². The van der Waals surface area contributed by atoms with E-state index in [1.807, 2.05) is 42.5 Å². The molecule has 1 aliphatic rings. The molecule has 0 aliphatic carbocycles. The molecule has 1 atom stereocenters. The van der Waals surface area contributed by atoms with Gasteiger partial charge in [-0.05, 0) is 23.8 Å². The van der Waals surface area contributed by atoms with Crippen molar-refractivity contribution in [1.29, 1.82) is 0 Å². The molecule has 3 rings (SSSR count). The molecule has 2 aromatic carbocycles. The first-order valence-corrected chi connectivity index (χ1v) is 7.56. The van der Waals surface area contributed by atoms with Crippen molar-refractivity contribution in [2.45, 2.75) is 12.5 Å². The summed E-state index contributed by atoms with van der Waals surface area (Å²) in [7, 11) is 0. The van der Waals surface area contributed by atoms with Crippen LogP contribution in [0.2, 0.25) is 5.02 Å². The van der Waals surface area contributed by atoms with Gasteiger partial charge in [-0.2, -0.15) is 0 Å². The second-order valence-corrected chi connectivity index (χ2v) is 5.50. The lowest BCUT2D eigenvalue weighted by Gasteiger charge is -2.26. The summed E-state index contributed by atoms with van der Waals surface area (Å²) >= 11 is 6.07. The predicted octanol–water partition coefficient (Wildman–Crippen LogP) is 3.99. The third kappa shape index (κ3) is 3.31. The average molecular weight is 314 g/mol. The summed E-state index contributed by atoms with van der Waals surface area (Å²) in [4.78, 5) is 12.1. The van der Waals surface area contributed by atoms with Crippen LogP contribution >= 0.6 is 11.6 Å². The van der Waals surface area contributed by atoms with Crippen molar-refractivity contribution in [2.75, 3.05) is 6.61 Å². The molecular weight excluding hydrogens is 298 g/mol. The molecule has 1 amide bonds. The van der Waals surface area contributed by atoms with Gasteiger partial charge in [0.2, 0.25) is 5.91 Å². The summed E-state index contributed by atoms with van der Waals surface area (Å²) in [5.41, 5.74) is 1.85. The van der Waals surface area contributed by atoms with Crippen LogP contribution in [0, 0.1) is 0 Å². The van der Waals surface area contributed by atoms with E-state index in [2.05, 4.69) is 5.32 Å². The molecule has 0 unspecified atom stereocenters. The SMILES string of the molecule is O=C(/C=C/c1ccccc1Cl)N[C@@H]1CCOc2ccccc21. The lowest BCUT2D eigenvalue weighted by atomic mass is 10.0. The quantitative estimate of drug-likeness (QED) is 0.870. The van der Waals surface area contributed by atoms with Gasteiger partial charge in [0.25, 0.3) is 0 Å². The zero-order valence-electron chi connectivity index (χ0n) is 12.0. The highest BCUT2D eigenvalue weighted by Crippen LogP contribution is 2.31. The van der Waals surface area contributed by atoms with Gasteiger partial charge < -0.3 is 10.1 Å². The number of hydrogen-bond donors (Lipinski definition) is 1. The van der Waals surface area contributed by atoms with Crippen molar-refractivity contribution in [3.63, 3.8) is 0 Å². The molecule has 0 radical (unpaired) electrons. The van der Waals surface area contributed by atoms with E-state index in [1.54, 1.807) is 12.1 Å². The predicted molar refractivity (Wildman–Crippen MR) is 87.9 cm³/mol. The highest BCUT2D eigenvalue weighted by molar-refractivity contribution is 6.32. The second-order valence-electron chi connectivity index (χ2n) is 5.09. The van der Waals surface area contributed by atoms with Crippen LogP contribution in [-0.2, 0) is 4.79 Å². The van der Waals surface area contributed by atoms with Gasteiger partial charge in [0.05, 0.1) is 12.6 Å². The smallest absolute Gasteiger partial charge is 0.244 e. The largest absolute Gasteiger partial charge is 0.493 e. The van der Waals surface area contributed by atoms with Crippen LogP contribution < -0.4 is 10.1 Å². The Balaban J connectivity index is 1.69. The van der Waals surface area contributed by atoms with Crippen molar-refractivity contribution in [3.8, 4) is 5.75 Å². The van der Waals surface area contributed by atoms with E-state index in [4.69, 9.17) is 16.3 Å². The normalized spacial score (nSPS) is 16.9. The number of para-hydroxylation sites is 1. The number of fused-ring (bicyclic) bond motifs is 1. The number of amides is 1. The van der Waals surface area contributed by atoms with E-state index in [0.717, 1.165) is 23.3 Å². The van der Waals surface area contributed by atoms with Crippen molar-refractivity contribution in [2.24, 2.45) is 0 Å². The van der Waals surface area contributed by atoms with E-state index >= 15 is 0 Å². The standard InChI is InChI=1S/C18H16ClNO2/c19-15-7-3-1-5-13(15)9-10-18(21)20-16-11-12-22-17-8-4-2-6-14(16)17/h1-10,16H,11-12H2,(H,20,21)/b10-9+/t16-/m1/s1. The second kappa shape index (κ2) is 6.67. The molecule has 0 spiro atoms. The van der Waals surface area contributed by atoms with Crippen LogP contribution in [0.5, 0.6) is 5.75 Å². The monoisotopic (exact) mass is 313 g/mol. The van der Waals surface area contributed by atoms with Crippen LogP contribution in [0.25, 0.3) is 6.08 Å². The van der Waals surface area contributed by atoms with Gasteiger partial charge >= 0.3 is 0 Å². The molecule has 0 saturated heterocycles. The molecule has 0 bridgehead atoms. The van der Waals surface area contributed by atoms with Crippen molar-refractivity contribution < 1.29 is 9.53 Å². The summed E-state index contributed by atoms with van der Waals surface area (Å²) in [6, 6.07) is 15.2. The highest BCUT2D eigenvalue weighted by Gasteiger charge is 2.21. The fourth-order valence-corrected chi connectivity index (χ4v) is 2.69. The third-order valence-corrected chi connectivity index (χ3v) is 3.94. The molecule has 2 aromatic rings. The molecular formula is C18H16ClNO2. The molecule has 112 valence electrons. The first-order chi connectivity index (χ1) is 10.7. The third-order valence-electron chi connectivity index (χ3n) is 3.59. The number of nitrogens with one attached hydrogen (secondary N) is 1. The van der Waals surface area contributed by atoms with Crippen molar-refractivity contribution in [3.05, 3.63) is 70.8 Å². The maximum atomic E-state index is 12.1. The maximum absolute atomic E-state index is 12.1. The van der Waals surface area contributed by atoms with Crippen LogP contribution in [0.4, 0.5) is 0 Å². The molecule has 1 aliphatic heterocycles. The minimum Gasteiger partial charge on any atom is -0.493 e. The Morgan fingerprint density at radius 2 is 1.95 bits per heavy atom. The minimum absolute atomic E-state index is 0.0201. The molecule has 1 heterocycles. The number of carbonyl (C=O) groups is 1. The van der Waals surface area contributed by atoms with Crippen molar-refractivity contribution >= 4 is 23.6 Å². The van der Waals surface area contributed by atoms with E-state index < -0.39 is 0 Å². The first-order valence-electron chi connectivity index (χ1n) is 7.19. The molecule has 3 nitrogen and oxygen atoms in total. The summed E-state index contributed by atoms with van der Waals surface area (Å²) in [6.45, 7) is 0.607. The topological polar surface area (TPSA) is 38.3 Å². The van der Waals surface area contributed by atoms with Gasteiger partial charge in [-0.1, -0.05) is 48.0 Å².